The van der Waals surface area contributed by atoms with Crippen molar-refractivity contribution >= 4 is 27.7 Å². The normalized spacial score (nSPS) is 23.7. The number of benzene rings is 1. The molecular weight excluding hydrogens is 367 g/mol. The number of carboxylic acid groups (broad SMARTS) is 1. The number of ether oxygens (including phenoxy) is 1. The Hall–Kier alpha value is -2.49. The van der Waals surface area contributed by atoms with Crippen LogP contribution in [0, 0.1) is 5.82 Å². The van der Waals surface area contributed by atoms with Crippen LogP contribution in [0.1, 0.15) is 36.7 Å². The summed E-state index contributed by atoms with van der Waals surface area (Å²) in [6, 6.07) is 3.06. The summed E-state index contributed by atoms with van der Waals surface area (Å²) in [6.45, 7) is 4.09. The largest absolute Gasteiger partial charge is 0.478 e. The zero-order chi connectivity index (χ0) is 19.9. The molecule has 0 bridgehead atoms. The average molecular weight is 386 g/mol. The number of aromatic carboxylic acids is 1. The van der Waals surface area contributed by atoms with Gasteiger partial charge in [0.05, 0.1) is 18.4 Å². The van der Waals surface area contributed by atoms with Crippen LogP contribution in [0.4, 0.5) is 9.18 Å². The Balaban J connectivity index is 2.71. The number of amidine groups is 1. The van der Waals surface area contributed by atoms with Gasteiger partial charge in [0.25, 0.3) is 0 Å². The highest BCUT2D eigenvalue weighted by Gasteiger charge is 2.51. The second kappa shape index (κ2) is 6.35. The van der Waals surface area contributed by atoms with Gasteiger partial charge in [-0.05, 0) is 39.0 Å². The Kier molecular flexibility index (Phi) is 4.84. The van der Waals surface area contributed by atoms with E-state index < -0.39 is 43.8 Å². The summed E-state index contributed by atoms with van der Waals surface area (Å²) in [7, 11) is -2.78. The smallest absolute Gasteiger partial charge is 0.412 e. The SMILES string of the molecule is COC(=O)NC1=N[C@](C)(c2cc(C(=O)O)ccc2F)CS(=O)(=O)C1(C)C. The zero-order valence-corrected chi connectivity index (χ0v) is 15.5. The van der Waals surface area contributed by atoms with Crippen LogP contribution in [0.25, 0.3) is 0 Å². The maximum Gasteiger partial charge on any atom is 0.412 e. The molecule has 142 valence electrons. The zero-order valence-electron chi connectivity index (χ0n) is 14.7. The molecule has 8 nitrogen and oxygen atoms in total. The van der Waals surface area contributed by atoms with E-state index in [4.69, 9.17) is 5.11 Å². The van der Waals surface area contributed by atoms with Gasteiger partial charge in [0.1, 0.15) is 21.9 Å². The molecule has 1 amide bonds. The number of carboxylic acids is 1. The number of hydrogen-bond acceptors (Lipinski definition) is 6. The highest BCUT2D eigenvalue weighted by Crippen LogP contribution is 2.38. The third kappa shape index (κ3) is 3.28. The van der Waals surface area contributed by atoms with Gasteiger partial charge >= 0.3 is 12.1 Å². The van der Waals surface area contributed by atoms with Gasteiger partial charge in [0.2, 0.25) is 0 Å². The molecule has 1 aliphatic heterocycles. The second-order valence-corrected chi connectivity index (χ2v) is 9.16. The lowest BCUT2D eigenvalue weighted by atomic mass is 9.91. The number of methoxy groups -OCH3 is 1. The quantitative estimate of drug-likeness (QED) is 0.798. The van der Waals surface area contributed by atoms with E-state index in [1.54, 1.807) is 0 Å². The van der Waals surface area contributed by atoms with Gasteiger partial charge in [-0.1, -0.05) is 0 Å². The summed E-state index contributed by atoms with van der Waals surface area (Å²) < 4.78 is 42.9. The van der Waals surface area contributed by atoms with Gasteiger partial charge in [0, 0.05) is 5.56 Å². The van der Waals surface area contributed by atoms with E-state index in [1.165, 1.54) is 20.8 Å². The molecule has 10 heteroatoms. The van der Waals surface area contributed by atoms with Crippen LogP contribution in [-0.2, 0) is 20.1 Å². The number of rotatable bonds is 2. The van der Waals surface area contributed by atoms with Gasteiger partial charge in [-0.25, -0.2) is 22.4 Å². The summed E-state index contributed by atoms with van der Waals surface area (Å²) in [4.78, 5) is 27.0. The number of nitrogens with one attached hydrogen (secondary N) is 1. The van der Waals surface area contributed by atoms with E-state index in [9.17, 15) is 22.4 Å². The van der Waals surface area contributed by atoms with Gasteiger partial charge in [0.15, 0.2) is 9.84 Å². The number of carbonyl (C=O) groups excluding carboxylic acids is 1. The maximum absolute atomic E-state index is 14.4. The van der Waals surface area contributed by atoms with Gasteiger partial charge < -0.3 is 9.84 Å². The van der Waals surface area contributed by atoms with Gasteiger partial charge in [-0.15, -0.1) is 0 Å². The fourth-order valence-electron chi connectivity index (χ4n) is 2.65. The Morgan fingerprint density at radius 3 is 2.46 bits per heavy atom. The van der Waals surface area contributed by atoms with Crippen molar-refractivity contribution in [1.82, 2.24) is 5.32 Å². The van der Waals surface area contributed by atoms with Crippen molar-refractivity contribution in [2.45, 2.75) is 31.1 Å². The van der Waals surface area contributed by atoms with Crippen molar-refractivity contribution in [2.75, 3.05) is 12.9 Å². The number of hydrogen-bond donors (Lipinski definition) is 2. The van der Waals surface area contributed by atoms with Crippen molar-refractivity contribution < 1.29 is 32.2 Å². The molecule has 1 aliphatic rings. The van der Waals surface area contributed by atoms with E-state index in [2.05, 4.69) is 15.0 Å². The molecule has 0 fully saturated rings. The van der Waals surface area contributed by atoms with Gasteiger partial charge in [-0.2, -0.15) is 0 Å². The first kappa shape index (κ1) is 19.8. The number of sulfone groups is 1. The molecular formula is C16H19FN2O6S. The number of alkyl carbamates (subject to hydrolysis) is 1. The first-order valence-electron chi connectivity index (χ1n) is 7.55. The molecule has 1 heterocycles. The molecule has 0 aliphatic carbocycles. The highest BCUT2D eigenvalue weighted by atomic mass is 32.2. The summed E-state index contributed by atoms with van der Waals surface area (Å²) in [6.07, 6.45) is -0.920. The molecule has 0 saturated carbocycles. The topological polar surface area (TPSA) is 122 Å². The lowest BCUT2D eigenvalue weighted by Gasteiger charge is -2.39. The third-order valence-corrected chi connectivity index (χ3v) is 7.07. The van der Waals surface area contributed by atoms with Crippen molar-refractivity contribution in [3.05, 3.63) is 35.1 Å². The van der Waals surface area contributed by atoms with E-state index in [0.29, 0.717) is 0 Å². The predicted molar refractivity (Wildman–Crippen MR) is 91.6 cm³/mol. The minimum Gasteiger partial charge on any atom is -0.478 e. The van der Waals surface area contributed by atoms with Crippen molar-refractivity contribution in [1.29, 1.82) is 0 Å². The number of amides is 1. The standard InChI is InChI=1S/C16H19FN2O6S/c1-15(2)13(18-14(22)25-4)19-16(3,8-26(15,23)24)10-7-9(12(20)21)5-6-11(10)17/h5-7H,8H2,1-4H3,(H,20,21)(H,18,19,22)/t16-/m0/s1. The number of carbonyl (C=O) groups is 2. The van der Waals surface area contributed by atoms with Crippen LogP contribution in [0.5, 0.6) is 0 Å². The Bertz CT molecular complexity index is 909. The minimum atomic E-state index is -3.88. The van der Waals surface area contributed by atoms with Crippen LogP contribution in [0.15, 0.2) is 23.2 Å². The number of halogens is 1. The summed E-state index contributed by atoms with van der Waals surface area (Å²) >= 11 is 0. The second-order valence-electron chi connectivity index (χ2n) is 6.62. The summed E-state index contributed by atoms with van der Waals surface area (Å²) in [5.74, 6) is -2.85. The fraction of sp³-hybridized carbons (Fsp3) is 0.438. The summed E-state index contributed by atoms with van der Waals surface area (Å²) in [5, 5.41) is 11.4. The molecule has 26 heavy (non-hydrogen) atoms. The van der Waals surface area contributed by atoms with Crippen molar-refractivity contribution in [3.63, 3.8) is 0 Å². The van der Waals surface area contributed by atoms with Crippen LogP contribution in [0.3, 0.4) is 0 Å². The number of nitrogens with zero attached hydrogens (tertiary/aromatic N) is 1. The fourth-order valence-corrected chi connectivity index (χ4v) is 4.36. The highest BCUT2D eigenvalue weighted by molar-refractivity contribution is 7.93. The lowest BCUT2D eigenvalue weighted by Crippen LogP contribution is -2.57. The number of aliphatic imine (C=N–C) groups is 1. The monoisotopic (exact) mass is 386 g/mol. The molecule has 0 spiro atoms. The molecule has 0 aromatic heterocycles. The first-order chi connectivity index (χ1) is 11.8. The van der Waals surface area contributed by atoms with E-state index in [-0.39, 0.29) is 17.0 Å². The van der Waals surface area contributed by atoms with Crippen LogP contribution >= 0.6 is 0 Å². The van der Waals surface area contributed by atoms with Crippen LogP contribution in [0.2, 0.25) is 0 Å². The van der Waals surface area contributed by atoms with Crippen LogP contribution < -0.4 is 5.32 Å². The molecule has 0 unspecified atom stereocenters. The third-order valence-electron chi connectivity index (χ3n) is 4.38. The molecule has 1 aromatic rings. The van der Waals surface area contributed by atoms with Crippen LogP contribution in [-0.4, -0.2) is 49.0 Å². The Morgan fingerprint density at radius 1 is 1.31 bits per heavy atom. The van der Waals surface area contributed by atoms with E-state index >= 15 is 0 Å². The Morgan fingerprint density at radius 2 is 1.92 bits per heavy atom. The van der Waals surface area contributed by atoms with E-state index in [0.717, 1.165) is 25.3 Å². The maximum atomic E-state index is 14.4. The Labute approximate surface area is 150 Å². The average Bonchev–Trinajstić information content (AvgIpc) is 2.52. The molecule has 0 saturated heterocycles. The van der Waals surface area contributed by atoms with Crippen molar-refractivity contribution in [2.24, 2.45) is 4.99 Å². The molecule has 0 radical (unpaired) electrons. The predicted octanol–water partition coefficient (Wildman–Crippen LogP) is 1.70. The molecule has 1 atom stereocenters. The first-order valence-corrected chi connectivity index (χ1v) is 9.20. The minimum absolute atomic E-state index is 0.194. The van der Waals surface area contributed by atoms with Crippen molar-refractivity contribution in [3.8, 4) is 0 Å². The van der Waals surface area contributed by atoms with E-state index in [1.807, 2.05) is 0 Å². The molecule has 1 aromatic carbocycles. The molecule has 2 N–H and O–H groups in total. The van der Waals surface area contributed by atoms with Gasteiger partial charge in [-0.3, -0.25) is 10.3 Å². The molecule has 2 rings (SSSR count). The summed E-state index contributed by atoms with van der Waals surface area (Å²) in [5.41, 5.74) is -2.02. The lowest BCUT2D eigenvalue weighted by molar-refractivity contribution is 0.0696.